The molecule has 0 bridgehead atoms. The molecule has 0 aliphatic rings. The van der Waals surface area contributed by atoms with Gasteiger partial charge in [0, 0.05) is 6.42 Å². The molecule has 0 rings (SSSR count). The summed E-state index contributed by atoms with van der Waals surface area (Å²) in [5, 5.41) is 13.8. The number of phosphoric ester groups is 1. The van der Waals surface area contributed by atoms with Gasteiger partial charge in [-0.3, -0.25) is 9.36 Å². The van der Waals surface area contributed by atoms with Crippen molar-refractivity contribution in [1.29, 1.82) is 0 Å². The normalized spacial score (nSPS) is 14.4. The minimum atomic E-state index is -4.59. The summed E-state index contributed by atoms with van der Waals surface area (Å²) < 4.78 is 23.2. The summed E-state index contributed by atoms with van der Waals surface area (Å²) in [5.74, 6) is -0.205. The van der Waals surface area contributed by atoms with Crippen LogP contribution >= 0.6 is 7.82 Å². The second kappa shape index (κ2) is 40.4. The van der Waals surface area contributed by atoms with Crippen LogP contribution in [0.5, 0.6) is 0 Å². The molecule has 57 heavy (non-hydrogen) atoms. The van der Waals surface area contributed by atoms with Gasteiger partial charge in [0.15, 0.2) is 0 Å². The van der Waals surface area contributed by atoms with Crippen molar-refractivity contribution < 1.29 is 32.9 Å². The van der Waals surface area contributed by atoms with Crippen LogP contribution in [0.25, 0.3) is 0 Å². The lowest BCUT2D eigenvalue weighted by Gasteiger charge is -2.29. The zero-order valence-electron chi connectivity index (χ0n) is 38.3. The van der Waals surface area contributed by atoms with Gasteiger partial charge in [-0.15, -0.1) is 0 Å². The number of quaternary nitrogens is 1. The summed E-state index contributed by atoms with van der Waals surface area (Å²) in [4.78, 5) is 25.3. The van der Waals surface area contributed by atoms with Crippen molar-refractivity contribution in [1.82, 2.24) is 5.32 Å². The second-order valence-electron chi connectivity index (χ2n) is 17.8. The first-order chi connectivity index (χ1) is 27.5. The van der Waals surface area contributed by atoms with Gasteiger partial charge >= 0.3 is 0 Å². The van der Waals surface area contributed by atoms with E-state index in [0.29, 0.717) is 17.4 Å². The Morgan fingerprint density at radius 2 is 0.982 bits per heavy atom. The van der Waals surface area contributed by atoms with Crippen LogP contribution in [0.4, 0.5) is 0 Å². The molecule has 0 saturated carbocycles. The Bertz CT molecular complexity index is 984. The predicted octanol–water partition coefficient (Wildman–Crippen LogP) is 13.1. The van der Waals surface area contributed by atoms with Crippen molar-refractivity contribution >= 4 is 13.7 Å². The fourth-order valence-corrected chi connectivity index (χ4v) is 7.77. The molecular formula is C48H95N2O6P. The molecule has 338 valence electrons. The van der Waals surface area contributed by atoms with E-state index >= 15 is 0 Å². The standard InChI is InChI=1S/C48H95N2O6P/c1-6-8-10-12-14-16-18-20-21-22-23-24-25-26-27-28-29-30-32-34-36-38-40-42-48(52)49-46(45-56-57(53,54)55-44-43-50(3,4)5)47(51)41-39-37-35-33-31-19-17-15-13-11-9-7-2/h31,33,39,41,46-47,51H,6-30,32,34-38,40,42-45H2,1-5H3,(H-,49,52,53,54)/b33-31+,41-39+. The summed E-state index contributed by atoms with van der Waals surface area (Å²) in [5.41, 5.74) is 0. The molecule has 0 aromatic heterocycles. The SMILES string of the molecule is CCCCCCCC/C=C/CC/C=C/C(O)C(COP(=O)([O-])OCC[N+](C)(C)C)NC(=O)CCCCCCCCCCCCCCCCCCCCCCCCC. The molecule has 0 aliphatic carbocycles. The highest BCUT2D eigenvalue weighted by Crippen LogP contribution is 2.38. The molecule has 0 aromatic carbocycles. The average Bonchev–Trinajstić information content (AvgIpc) is 3.16. The Morgan fingerprint density at radius 1 is 0.596 bits per heavy atom. The van der Waals surface area contributed by atoms with Crippen LogP contribution in [-0.2, 0) is 18.4 Å². The maximum atomic E-state index is 12.9. The second-order valence-corrected chi connectivity index (χ2v) is 19.2. The summed E-state index contributed by atoms with van der Waals surface area (Å²) in [7, 11) is 1.25. The van der Waals surface area contributed by atoms with Gasteiger partial charge in [0.2, 0.25) is 5.91 Å². The van der Waals surface area contributed by atoms with Crippen LogP contribution in [0.1, 0.15) is 226 Å². The number of amides is 1. The third-order valence-electron chi connectivity index (χ3n) is 10.9. The number of likely N-dealkylation sites (N-methyl/N-ethyl adjacent to an activating group) is 1. The first kappa shape index (κ1) is 56.0. The quantitative estimate of drug-likeness (QED) is 0.0274. The summed E-state index contributed by atoms with van der Waals surface area (Å²) in [6.07, 6.45) is 48.1. The summed E-state index contributed by atoms with van der Waals surface area (Å²) in [6, 6.07) is -0.897. The number of phosphoric acid groups is 1. The van der Waals surface area contributed by atoms with Gasteiger partial charge < -0.3 is 28.8 Å². The predicted molar refractivity (Wildman–Crippen MR) is 242 cm³/mol. The highest BCUT2D eigenvalue weighted by atomic mass is 31.2. The highest BCUT2D eigenvalue weighted by molar-refractivity contribution is 7.45. The van der Waals surface area contributed by atoms with Crippen molar-refractivity contribution in [3.05, 3.63) is 24.3 Å². The maximum absolute atomic E-state index is 12.9. The molecule has 3 unspecified atom stereocenters. The molecule has 9 heteroatoms. The fourth-order valence-electron chi connectivity index (χ4n) is 7.05. The molecule has 0 fully saturated rings. The molecule has 0 radical (unpaired) electrons. The van der Waals surface area contributed by atoms with Crippen molar-refractivity contribution in [2.45, 2.75) is 238 Å². The number of aliphatic hydroxyl groups excluding tert-OH is 1. The van der Waals surface area contributed by atoms with Crippen molar-refractivity contribution in [2.75, 3.05) is 40.9 Å². The fraction of sp³-hybridized carbons (Fsp3) is 0.896. The van der Waals surface area contributed by atoms with E-state index in [1.54, 1.807) is 6.08 Å². The number of carbonyl (C=O) groups excluding carboxylic acids is 1. The number of nitrogens with one attached hydrogen (secondary N) is 1. The van der Waals surface area contributed by atoms with Crippen LogP contribution in [0, 0.1) is 0 Å². The molecule has 3 atom stereocenters. The van der Waals surface area contributed by atoms with Gasteiger partial charge in [-0.2, -0.15) is 0 Å². The summed E-state index contributed by atoms with van der Waals surface area (Å²) in [6.45, 7) is 4.62. The molecule has 0 aliphatic heterocycles. The van der Waals surface area contributed by atoms with E-state index in [2.05, 4.69) is 31.3 Å². The maximum Gasteiger partial charge on any atom is 0.268 e. The molecule has 1 amide bonds. The van der Waals surface area contributed by atoms with E-state index in [1.807, 2.05) is 27.2 Å². The number of hydrogen-bond donors (Lipinski definition) is 2. The average molecular weight is 827 g/mol. The number of rotatable bonds is 44. The molecular weight excluding hydrogens is 732 g/mol. The number of allylic oxidation sites excluding steroid dienone is 3. The van der Waals surface area contributed by atoms with E-state index in [0.717, 1.165) is 38.5 Å². The lowest BCUT2D eigenvalue weighted by atomic mass is 10.0. The molecule has 0 aromatic rings. The zero-order valence-corrected chi connectivity index (χ0v) is 39.2. The van der Waals surface area contributed by atoms with Crippen LogP contribution in [0.3, 0.4) is 0 Å². The molecule has 0 spiro atoms. The number of unbranched alkanes of at least 4 members (excludes halogenated alkanes) is 29. The van der Waals surface area contributed by atoms with E-state index < -0.39 is 20.0 Å². The van der Waals surface area contributed by atoms with Crippen molar-refractivity contribution in [3.63, 3.8) is 0 Å². The minimum absolute atomic E-state index is 0.00429. The topological polar surface area (TPSA) is 108 Å². The Morgan fingerprint density at radius 3 is 1.42 bits per heavy atom. The monoisotopic (exact) mass is 827 g/mol. The van der Waals surface area contributed by atoms with Gasteiger partial charge in [0.05, 0.1) is 39.9 Å². The highest BCUT2D eigenvalue weighted by Gasteiger charge is 2.23. The Balaban J connectivity index is 4.23. The number of carbonyl (C=O) groups is 1. The van der Waals surface area contributed by atoms with Gasteiger partial charge in [-0.25, -0.2) is 0 Å². The van der Waals surface area contributed by atoms with Crippen molar-refractivity contribution in [3.8, 4) is 0 Å². The van der Waals surface area contributed by atoms with Crippen LogP contribution < -0.4 is 10.2 Å². The number of aliphatic hydroxyl groups is 1. The smallest absolute Gasteiger partial charge is 0.268 e. The van der Waals surface area contributed by atoms with Gasteiger partial charge in [-0.1, -0.05) is 212 Å². The van der Waals surface area contributed by atoms with E-state index in [9.17, 15) is 19.4 Å². The third kappa shape index (κ3) is 42.9. The largest absolute Gasteiger partial charge is 0.756 e. The Labute approximate surface area is 354 Å². The lowest BCUT2D eigenvalue weighted by Crippen LogP contribution is -2.45. The molecule has 0 heterocycles. The number of hydrogen-bond acceptors (Lipinski definition) is 6. The molecule has 0 saturated heterocycles. The zero-order chi connectivity index (χ0) is 42.1. The Kier molecular flexibility index (Phi) is 39.7. The van der Waals surface area contributed by atoms with Crippen LogP contribution in [0.15, 0.2) is 24.3 Å². The first-order valence-electron chi connectivity index (χ1n) is 24.2. The van der Waals surface area contributed by atoms with E-state index in [4.69, 9.17) is 9.05 Å². The van der Waals surface area contributed by atoms with Crippen molar-refractivity contribution in [2.24, 2.45) is 0 Å². The van der Waals surface area contributed by atoms with Gasteiger partial charge in [0.1, 0.15) is 13.2 Å². The lowest BCUT2D eigenvalue weighted by molar-refractivity contribution is -0.870. The Hall–Kier alpha value is -1.02. The minimum Gasteiger partial charge on any atom is -0.756 e. The van der Waals surface area contributed by atoms with Gasteiger partial charge in [-0.05, 0) is 32.1 Å². The molecule has 8 nitrogen and oxygen atoms in total. The van der Waals surface area contributed by atoms with Gasteiger partial charge in [0.25, 0.3) is 7.82 Å². The van der Waals surface area contributed by atoms with Crippen LogP contribution in [0.2, 0.25) is 0 Å². The van der Waals surface area contributed by atoms with Crippen LogP contribution in [-0.4, -0.2) is 68.5 Å². The first-order valence-corrected chi connectivity index (χ1v) is 25.7. The molecule has 2 N–H and O–H groups in total. The van der Waals surface area contributed by atoms with E-state index in [-0.39, 0.29) is 19.1 Å². The number of nitrogens with zero attached hydrogens (tertiary/aromatic N) is 1. The van der Waals surface area contributed by atoms with E-state index in [1.165, 1.54) is 167 Å². The summed E-state index contributed by atoms with van der Waals surface area (Å²) >= 11 is 0. The third-order valence-corrected chi connectivity index (χ3v) is 11.9.